The molecule has 0 amide bonds. The molecule has 3 saturated carbocycles. The molecule has 2 N–H and O–H groups in total. The third-order valence-corrected chi connectivity index (χ3v) is 9.22. The zero-order chi connectivity index (χ0) is 20.6. The number of aliphatic hydroxyl groups excluding tert-OH is 1. The van der Waals surface area contributed by atoms with Crippen molar-refractivity contribution in [1.29, 1.82) is 0 Å². The van der Waals surface area contributed by atoms with Crippen molar-refractivity contribution in [1.82, 2.24) is 0 Å². The highest BCUT2D eigenvalue weighted by Gasteiger charge is 2.68. The first-order valence-corrected chi connectivity index (χ1v) is 10.3. The van der Waals surface area contributed by atoms with Crippen molar-refractivity contribution in [3.05, 3.63) is 11.6 Å². The van der Waals surface area contributed by atoms with Crippen LogP contribution in [0.4, 0.5) is 4.39 Å². The highest BCUT2D eigenvalue weighted by atomic mass is 19.1. The van der Waals surface area contributed by atoms with Gasteiger partial charge >= 0.3 is 0 Å². The van der Waals surface area contributed by atoms with E-state index in [9.17, 15) is 24.6 Å². The number of aliphatic hydroxyl groups is 2. The smallest absolute Gasteiger partial charge is 0.221 e. The van der Waals surface area contributed by atoms with Crippen LogP contribution in [0.1, 0.15) is 52.9 Å². The molecule has 0 radical (unpaired) electrons. The van der Waals surface area contributed by atoms with E-state index < -0.39 is 52.5 Å². The van der Waals surface area contributed by atoms with Gasteiger partial charge < -0.3 is 10.2 Å². The van der Waals surface area contributed by atoms with E-state index in [0.717, 1.165) is 0 Å². The number of allylic oxidation sites excluding steroid dienone is 1. The van der Waals surface area contributed by atoms with Gasteiger partial charge in [-0.2, -0.15) is 0 Å². The van der Waals surface area contributed by atoms with Crippen LogP contribution in [0.15, 0.2) is 11.6 Å². The molecule has 0 aromatic rings. The van der Waals surface area contributed by atoms with E-state index in [1.165, 1.54) is 6.08 Å². The fourth-order valence-corrected chi connectivity index (χ4v) is 7.40. The summed E-state index contributed by atoms with van der Waals surface area (Å²) in [6, 6.07) is 0. The number of rotatable bonds is 2. The maximum atomic E-state index is 15.3. The highest BCUT2D eigenvalue weighted by molar-refractivity contribution is 6.43. The number of alkyl halides is 1. The zero-order valence-corrected chi connectivity index (χ0v) is 16.7. The number of Topliss-reactive ketones (excluding diaryl/α,β-unsaturated/α-hetero) is 2. The fraction of sp³-hybridized carbons (Fsp3) is 0.773. The Labute approximate surface area is 164 Å². The van der Waals surface area contributed by atoms with Gasteiger partial charge in [-0.05, 0) is 61.5 Å². The molecule has 4 aliphatic rings. The van der Waals surface area contributed by atoms with E-state index in [2.05, 4.69) is 0 Å². The summed E-state index contributed by atoms with van der Waals surface area (Å²) in [4.78, 5) is 36.9. The molecule has 4 rings (SSSR count). The lowest BCUT2D eigenvalue weighted by molar-refractivity contribution is -0.168. The van der Waals surface area contributed by atoms with Crippen molar-refractivity contribution < 1.29 is 29.0 Å². The molecule has 0 spiro atoms. The van der Waals surface area contributed by atoms with E-state index in [1.54, 1.807) is 6.92 Å². The van der Waals surface area contributed by atoms with Crippen molar-refractivity contribution in [2.75, 3.05) is 6.61 Å². The van der Waals surface area contributed by atoms with Crippen molar-refractivity contribution in [3.63, 3.8) is 0 Å². The van der Waals surface area contributed by atoms with Crippen molar-refractivity contribution in [2.45, 2.75) is 64.6 Å². The summed E-state index contributed by atoms with van der Waals surface area (Å²) in [5.41, 5.74) is -2.54. The lowest BCUT2D eigenvalue weighted by Gasteiger charge is -2.60. The summed E-state index contributed by atoms with van der Waals surface area (Å²) in [5.74, 6) is -2.28. The largest absolute Gasteiger partial charge is 0.388 e. The molecule has 3 fully saturated rings. The van der Waals surface area contributed by atoms with Crippen LogP contribution in [-0.2, 0) is 14.4 Å². The van der Waals surface area contributed by atoms with Crippen LogP contribution in [0.25, 0.3) is 0 Å². The molecule has 5 nitrogen and oxygen atoms in total. The molecule has 0 aliphatic heterocycles. The minimum Gasteiger partial charge on any atom is -0.388 e. The average molecular weight is 392 g/mol. The first kappa shape index (κ1) is 19.9. The number of ketones is 3. The molecule has 4 aliphatic carbocycles. The first-order valence-electron chi connectivity index (χ1n) is 10.3. The van der Waals surface area contributed by atoms with E-state index in [-0.39, 0.29) is 30.6 Å². The summed E-state index contributed by atoms with van der Waals surface area (Å²) in [6.45, 7) is 4.85. The van der Waals surface area contributed by atoms with Gasteiger partial charge in [-0.1, -0.05) is 20.8 Å². The van der Waals surface area contributed by atoms with Gasteiger partial charge in [0.25, 0.3) is 0 Å². The Balaban J connectivity index is 1.77. The maximum absolute atomic E-state index is 15.3. The topological polar surface area (TPSA) is 91.7 Å². The van der Waals surface area contributed by atoms with E-state index in [0.29, 0.717) is 24.8 Å². The fourth-order valence-electron chi connectivity index (χ4n) is 7.40. The highest BCUT2D eigenvalue weighted by Crippen LogP contribution is 2.68. The van der Waals surface area contributed by atoms with E-state index in [4.69, 9.17) is 0 Å². The molecule has 2 unspecified atom stereocenters. The maximum Gasteiger partial charge on any atom is 0.221 e. The molecule has 0 bridgehead atoms. The normalized spacial score (nSPS) is 50.5. The summed E-state index contributed by atoms with van der Waals surface area (Å²) < 4.78 is 15.3. The second-order valence-electron chi connectivity index (χ2n) is 9.85. The van der Waals surface area contributed by atoms with Crippen molar-refractivity contribution in [2.24, 2.45) is 34.5 Å². The van der Waals surface area contributed by atoms with E-state index in [1.807, 2.05) is 13.8 Å². The number of halogens is 1. The Hall–Kier alpha value is -1.40. The summed E-state index contributed by atoms with van der Waals surface area (Å²) in [6.07, 6.45) is 2.31. The Bertz CT molecular complexity index is 790. The molecule has 28 heavy (non-hydrogen) atoms. The van der Waals surface area contributed by atoms with Gasteiger partial charge in [0.1, 0.15) is 18.4 Å². The number of hydrogen-bond acceptors (Lipinski definition) is 5. The van der Waals surface area contributed by atoms with Gasteiger partial charge in [0.15, 0.2) is 5.78 Å². The molecule has 0 aromatic carbocycles. The molecule has 0 saturated heterocycles. The van der Waals surface area contributed by atoms with Gasteiger partial charge in [0, 0.05) is 16.7 Å². The zero-order valence-electron chi connectivity index (χ0n) is 16.7. The van der Waals surface area contributed by atoms with Crippen molar-refractivity contribution >= 4 is 17.3 Å². The number of fused-ring (bicyclic) bond motifs is 5. The number of carbonyl (C=O) groups is 3. The minimum absolute atomic E-state index is 0.0300. The molecule has 0 aromatic heterocycles. The predicted octanol–water partition coefficient (Wildman–Crippen LogP) is 2.18. The lowest BCUT2D eigenvalue weighted by atomic mass is 9.44. The average Bonchev–Trinajstić information content (AvgIpc) is 2.94. The first-order chi connectivity index (χ1) is 13.0. The molecule has 154 valence electrons. The third kappa shape index (κ3) is 2.16. The van der Waals surface area contributed by atoms with Crippen LogP contribution >= 0.6 is 0 Å². The molecule has 8 atom stereocenters. The van der Waals surface area contributed by atoms with Crippen LogP contribution < -0.4 is 0 Å². The summed E-state index contributed by atoms with van der Waals surface area (Å²) >= 11 is 0. The summed E-state index contributed by atoms with van der Waals surface area (Å²) in [7, 11) is 0. The van der Waals surface area contributed by atoms with Crippen LogP contribution in [0.5, 0.6) is 0 Å². The Morgan fingerprint density at radius 1 is 1.21 bits per heavy atom. The quantitative estimate of drug-likeness (QED) is 0.703. The Kier molecular flexibility index (Phi) is 4.30. The lowest BCUT2D eigenvalue weighted by Crippen LogP contribution is -2.61. The van der Waals surface area contributed by atoms with Crippen LogP contribution in [-0.4, -0.2) is 45.9 Å². The van der Waals surface area contributed by atoms with Gasteiger partial charge in [-0.25, -0.2) is 4.39 Å². The van der Waals surface area contributed by atoms with Crippen molar-refractivity contribution in [3.8, 4) is 0 Å². The number of carbonyl (C=O) groups excluding carboxylic acids is 3. The Morgan fingerprint density at radius 3 is 2.50 bits per heavy atom. The van der Waals surface area contributed by atoms with Crippen LogP contribution in [0.2, 0.25) is 0 Å². The monoisotopic (exact) mass is 392 g/mol. The van der Waals surface area contributed by atoms with Gasteiger partial charge in [0.2, 0.25) is 11.6 Å². The second kappa shape index (κ2) is 6.05. The van der Waals surface area contributed by atoms with E-state index >= 15 is 4.39 Å². The Morgan fingerprint density at radius 2 is 1.86 bits per heavy atom. The van der Waals surface area contributed by atoms with Crippen LogP contribution in [0, 0.1) is 34.5 Å². The second-order valence-corrected chi connectivity index (χ2v) is 9.85. The van der Waals surface area contributed by atoms with Crippen LogP contribution in [0.3, 0.4) is 0 Å². The predicted molar refractivity (Wildman–Crippen MR) is 99.0 cm³/mol. The van der Waals surface area contributed by atoms with Gasteiger partial charge in [0.05, 0.1) is 0 Å². The minimum atomic E-state index is -1.58. The third-order valence-electron chi connectivity index (χ3n) is 9.22. The number of hydrogen-bond donors (Lipinski definition) is 2. The van der Waals surface area contributed by atoms with Gasteiger partial charge in [-0.3, -0.25) is 14.4 Å². The SMILES string of the molecule is CC1C(=O)C(=O)C=C2C(F)C[C@H]3[C@@H]4CC[C@](O)(C(=O)CO)[C@@]4(C)CC[C@@H]3[C@]21C. The molecular weight excluding hydrogens is 363 g/mol. The molecular formula is C22H29FO5. The molecule has 6 heteroatoms. The summed E-state index contributed by atoms with van der Waals surface area (Å²) in [5, 5.41) is 20.6. The molecule has 0 heterocycles. The van der Waals surface area contributed by atoms with Gasteiger partial charge in [-0.15, -0.1) is 0 Å². The standard InChI is InChI=1S/C22H29FO5/c1-11-19(27)17(25)9-15-16(23)8-12-13-5-7-22(28,18(26)10-24)20(13,2)6-4-14(12)21(11,15)3/h9,11-14,16,24,28H,4-8,10H2,1-3H3/t11?,12-,13-,14-,16?,20-,21+,22-/m0/s1.